The Morgan fingerprint density at radius 3 is 3.05 bits per heavy atom. The van der Waals surface area contributed by atoms with Crippen LogP contribution in [-0.2, 0) is 0 Å². The van der Waals surface area contributed by atoms with Gasteiger partial charge in [0.05, 0.1) is 18.4 Å². The third-order valence-electron chi connectivity index (χ3n) is 3.27. The number of nitriles is 1. The van der Waals surface area contributed by atoms with Crippen molar-refractivity contribution in [2.24, 2.45) is 0 Å². The fourth-order valence-electron chi connectivity index (χ4n) is 2.15. The zero-order valence-corrected chi connectivity index (χ0v) is 11.2. The molecule has 0 amide bonds. The van der Waals surface area contributed by atoms with Crippen molar-refractivity contribution in [3.63, 3.8) is 0 Å². The lowest BCUT2D eigenvalue weighted by atomic mass is 10.1. The van der Waals surface area contributed by atoms with E-state index in [1.807, 2.05) is 6.07 Å². The molecular formula is C15H19N3O. The molecule has 2 rings (SSSR count). The first kappa shape index (κ1) is 13.4. The highest BCUT2D eigenvalue weighted by Crippen LogP contribution is 2.22. The monoisotopic (exact) mass is 257 g/mol. The zero-order chi connectivity index (χ0) is 13.5. The van der Waals surface area contributed by atoms with Gasteiger partial charge in [-0.25, -0.2) is 0 Å². The molecule has 0 saturated heterocycles. The van der Waals surface area contributed by atoms with Gasteiger partial charge in [0.2, 0.25) is 0 Å². The second-order valence-corrected chi connectivity index (χ2v) is 4.52. The Labute approximate surface area is 114 Å². The smallest absolute Gasteiger partial charge is 0.121 e. The largest absolute Gasteiger partial charge is 0.497 e. The summed E-state index contributed by atoms with van der Waals surface area (Å²) in [6.45, 7) is 2.88. The Hall–Kier alpha value is -1.99. The summed E-state index contributed by atoms with van der Waals surface area (Å²) in [5.41, 5.74) is 2.98. The first-order valence-corrected chi connectivity index (χ1v) is 6.54. The highest BCUT2D eigenvalue weighted by atomic mass is 16.5. The van der Waals surface area contributed by atoms with Crippen LogP contribution in [0.15, 0.2) is 29.8 Å². The van der Waals surface area contributed by atoms with E-state index in [0.29, 0.717) is 5.56 Å². The Morgan fingerprint density at radius 1 is 1.47 bits per heavy atom. The molecule has 0 atom stereocenters. The van der Waals surface area contributed by atoms with Crippen LogP contribution in [0.5, 0.6) is 5.75 Å². The summed E-state index contributed by atoms with van der Waals surface area (Å²) in [6, 6.07) is 7.65. The van der Waals surface area contributed by atoms with Gasteiger partial charge in [0.1, 0.15) is 11.8 Å². The molecule has 0 unspecified atom stereocenters. The Bertz CT molecular complexity index is 503. The highest BCUT2D eigenvalue weighted by molar-refractivity contribution is 5.60. The summed E-state index contributed by atoms with van der Waals surface area (Å²) < 4.78 is 5.18. The number of benzene rings is 1. The molecule has 0 aromatic heterocycles. The standard InChI is InChI=1S/C15H19N3O/c1-19-14-3-2-13(11-16)15(10-14)18-9-6-12-4-7-17-8-5-12/h2-4,10,17-18H,5-9H2,1H3. The summed E-state index contributed by atoms with van der Waals surface area (Å²) >= 11 is 0. The van der Waals surface area contributed by atoms with E-state index >= 15 is 0 Å². The molecule has 0 aliphatic carbocycles. The first-order chi connectivity index (χ1) is 9.33. The predicted octanol–water partition coefficient (Wildman–Crippen LogP) is 2.29. The Balaban J connectivity index is 1.94. The van der Waals surface area contributed by atoms with E-state index in [9.17, 15) is 0 Å². The van der Waals surface area contributed by atoms with Crippen molar-refractivity contribution in [1.82, 2.24) is 5.32 Å². The minimum Gasteiger partial charge on any atom is -0.497 e. The van der Waals surface area contributed by atoms with Gasteiger partial charge in [0, 0.05) is 19.2 Å². The van der Waals surface area contributed by atoms with Crippen LogP contribution in [0.25, 0.3) is 0 Å². The quantitative estimate of drug-likeness (QED) is 0.795. The third kappa shape index (κ3) is 3.73. The number of anilines is 1. The third-order valence-corrected chi connectivity index (χ3v) is 3.27. The van der Waals surface area contributed by atoms with Crippen LogP contribution in [-0.4, -0.2) is 26.7 Å². The lowest BCUT2D eigenvalue weighted by Gasteiger charge is -2.15. The van der Waals surface area contributed by atoms with E-state index in [0.717, 1.165) is 43.9 Å². The van der Waals surface area contributed by atoms with Gasteiger partial charge in [-0.15, -0.1) is 0 Å². The van der Waals surface area contributed by atoms with E-state index in [-0.39, 0.29) is 0 Å². The Kier molecular flexibility index (Phi) is 4.82. The fraction of sp³-hybridized carbons (Fsp3) is 0.400. The highest BCUT2D eigenvalue weighted by Gasteiger charge is 2.05. The van der Waals surface area contributed by atoms with Crippen molar-refractivity contribution in [1.29, 1.82) is 5.26 Å². The minimum atomic E-state index is 0.653. The molecule has 19 heavy (non-hydrogen) atoms. The van der Waals surface area contributed by atoms with Crippen molar-refractivity contribution in [2.75, 3.05) is 32.1 Å². The molecule has 1 aromatic rings. The van der Waals surface area contributed by atoms with Crippen molar-refractivity contribution in [2.45, 2.75) is 12.8 Å². The van der Waals surface area contributed by atoms with Gasteiger partial charge >= 0.3 is 0 Å². The van der Waals surface area contributed by atoms with Crippen molar-refractivity contribution < 1.29 is 4.74 Å². The average Bonchev–Trinajstić information content (AvgIpc) is 2.48. The van der Waals surface area contributed by atoms with E-state index in [2.05, 4.69) is 22.8 Å². The van der Waals surface area contributed by atoms with Crippen LogP contribution in [0.3, 0.4) is 0 Å². The molecule has 100 valence electrons. The number of methoxy groups -OCH3 is 1. The molecule has 0 fully saturated rings. The maximum absolute atomic E-state index is 9.08. The molecule has 1 aliphatic rings. The molecular weight excluding hydrogens is 238 g/mol. The average molecular weight is 257 g/mol. The number of nitrogens with zero attached hydrogens (tertiary/aromatic N) is 1. The van der Waals surface area contributed by atoms with Gasteiger partial charge < -0.3 is 15.4 Å². The molecule has 0 spiro atoms. The number of ether oxygens (including phenoxy) is 1. The molecule has 0 saturated carbocycles. The summed E-state index contributed by atoms with van der Waals surface area (Å²) in [6.07, 6.45) is 4.39. The lowest BCUT2D eigenvalue weighted by molar-refractivity contribution is 0.415. The van der Waals surface area contributed by atoms with Crippen LogP contribution in [0.4, 0.5) is 5.69 Å². The summed E-state index contributed by atoms with van der Waals surface area (Å²) in [7, 11) is 1.63. The first-order valence-electron chi connectivity index (χ1n) is 6.54. The van der Waals surface area contributed by atoms with Crippen molar-refractivity contribution in [3.05, 3.63) is 35.4 Å². The van der Waals surface area contributed by atoms with Gasteiger partial charge in [-0.2, -0.15) is 5.26 Å². The van der Waals surface area contributed by atoms with Crippen LogP contribution >= 0.6 is 0 Å². The van der Waals surface area contributed by atoms with Gasteiger partial charge in [-0.05, 0) is 31.5 Å². The molecule has 1 aliphatic heterocycles. The maximum Gasteiger partial charge on any atom is 0.121 e. The van der Waals surface area contributed by atoms with E-state index in [1.54, 1.807) is 19.2 Å². The van der Waals surface area contributed by atoms with Crippen LogP contribution in [0, 0.1) is 11.3 Å². The SMILES string of the molecule is COc1ccc(C#N)c(NCCC2=CCNCC2)c1. The molecule has 0 bridgehead atoms. The second-order valence-electron chi connectivity index (χ2n) is 4.52. The summed E-state index contributed by atoms with van der Waals surface area (Å²) in [4.78, 5) is 0. The molecule has 1 aromatic carbocycles. The second kappa shape index (κ2) is 6.81. The van der Waals surface area contributed by atoms with Crippen molar-refractivity contribution >= 4 is 5.69 Å². The number of nitrogens with one attached hydrogen (secondary N) is 2. The molecule has 1 heterocycles. The lowest BCUT2D eigenvalue weighted by Crippen LogP contribution is -2.21. The van der Waals surface area contributed by atoms with Crippen LogP contribution < -0.4 is 15.4 Å². The topological polar surface area (TPSA) is 57.1 Å². The normalized spacial score (nSPS) is 14.4. The summed E-state index contributed by atoms with van der Waals surface area (Å²) in [5.74, 6) is 0.766. The maximum atomic E-state index is 9.08. The van der Waals surface area contributed by atoms with Gasteiger partial charge in [-0.1, -0.05) is 11.6 Å². The van der Waals surface area contributed by atoms with Gasteiger partial charge in [0.15, 0.2) is 0 Å². The Morgan fingerprint density at radius 2 is 2.37 bits per heavy atom. The van der Waals surface area contributed by atoms with E-state index in [4.69, 9.17) is 10.00 Å². The predicted molar refractivity (Wildman–Crippen MR) is 76.4 cm³/mol. The van der Waals surface area contributed by atoms with E-state index < -0.39 is 0 Å². The van der Waals surface area contributed by atoms with Crippen LogP contribution in [0.2, 0.25) is 0 Å². The number of rotatable bonds is 5. The molecule has 2 N–H and O–H groups in total. The van der Waals surface area contributed by atoms with Gasteiger partial charge in [-0.3, -0.25) is 0 Å². The van der Waals surface area contributed by atoms with Crippen LogP contribution in [0.1, 0.15) is 18.4 Å². The van der Waals surface area contributed by atoms with Gasteiger partial charge in [0.25, 0.3) is 0 Å². The fourth-order valence-corrected chi connectivity index (χ4v) is 2.15. The minimum absolute atomic E-state index is 0.653. The molecule has 4 heteroatoms. The van der Waals surface area contributed by atoms with Crippen molar-refractivity contribution in [3.8, 4) is 11.8 Å². The molecule has 4 nitrogen and oxygen atoms in total. The number of hydrogen-bond acceptors (Lipinski definition) is 4. The number of hydrogen-bond donors (Lipinski definition) is 2. The van der Waals surface area contributed by atoms with E-state index in [1.165, 1.54) is 5.57 Å². The summed E-state index contributed by atoms with van der Waals surface area (Å²) in [5, 5.41) is 15.7. The zero-order valence-electron chi connectivity index (χ0n) is 11.2. The molecule has 0 radical (unpaired) electrons.